The molecule has 0 unspecified atom stereocenters. The van der Waals surface area contributed by atoms with Crippen molar-refractivity contribution in [2.75, 3.05) is 9.80 Å². The minimum absolute atomic E-state index is 0.652. The summed E-state index contributed by atoms with van der Waals surface area (Å²) in [5, 5.41) is 0. The summed E-state index contributed by atoms with van der Waals surface area (Å²) in [6, 6.07) is 84.5. The Balaban J connectivity index is 1.28. The monoisotopic (exact) mass is 726 g/mol. The van der Waals surface area contributed by atoms with Gasteiger partial charge >= 0.3 is 0 Å². The lowest BCUT2D eigenvalue weighted by Crippen LogP contribution is -2.30. The number of rotatable bonds is 6. The topological polar surface area (TPSA) is 6.48 Å². The van der Waals surface area contributed by atoms with Gasteiger partial charge < -0.3 is 9.80 Å². The van der Waals surface area contributed by atoms with Crippen LogP contribution in [0.25, 0.3) is 33.4 Å². The first-order valence-electron chi connectivity index (χ1n) is 19.7. The largest absolute Gasteiger partial charge is 0.310 e. The molecule has 0 aromatic heterocycles. The van der Waals surface area contributed by atoms with E-state index in [9.17, 15) is 0 Å². The van der Waals surface area contributed by atoms with E-state index in [2.05, 4.69) is 240 Å². The minimum atomic E-state index is -0.652. The van der Waals surface area contributed by atoms with E-state index in [-0.39, 0.29) is 0 Å². The molecule has 2 aliphatic rings. The summed E-state index contributed by atoms with van der Waals surface area (Å²) in [7, 11) is 0. The Bertz CT molecular complexity index is 2620. The molecule has 0 N–H and O–H groups in total. The number of hydrogen-bond donors (Lipinski definition) is 0. The Labute approximate surface area is 334 Å². The first-order chi connectivity index (χ1) is 28.3. The maximum Gasteiger partial charge on any atom is 0.0727 e. The van der Waals surface area contributed by atoms with E-state index in [1.165, 1.54) is 55.6 Å². The van der Waals surface area contributed by atoms with E-state index in [1.807, 2.05) is 0 Å². The van der Waals surface area contributed by atoms with Crippen molar-refractivity contribution in [1.82, 2.24) is 0 Å². The van der Waals surface area contributed by atoms with Gasteiger partial charge in [0.15, 0.2) is 0 Å². The van der Waals surface area contributed by atoms with Gasteiger partial charge in [0.2, 0.25) is 0 Å². The average Bonchev–Trinajstić information content (AvgIpc) is 3.53. The van der Waals surface area contributed by atoms with Crippen LogP contribution in [0.4, 0.5) is 34.1 Å². The summed E-state index contributed by atoms with van der Waals surface area (Å²) in [6.45, 7) is 0. The molecule has 11 rings (SSSR count). The second-order valence-corrected chi connectivity index (χ2v) is 14.9. The minimum Gasteiger partial charge on any atom is -0.310 e. The first-order valence-corrected chi connectivity index (χ1v) is 19.7. The Hall–Kier alpha value is -7.42. The van der Waals surface area contributed by atoms with Crippen LogP contribution in [-0.4, -0.2) is 0 Å². The summed E-state index contributed by atoms with van der Waals surface area (Å²) >= 11 is 0. The van der Waals surface area contributed by atoms with Crippen LogP contribution in [0.2, 0.25) is 0 Å². The summed E-state index contributed by atoms with van der Waals surface area (Å²) in [5.74, 6) is 0. The van der Waals surface area contributed by atoms with Gasteiger partial charge in [0.05, 0.1) is 5.41 Å². The Morgan fingerprint density at radius 1 is 0.211 bits per heavy atom. The summed E-state index contributed by atoms with van der Waals surface area (Å²) in [5.41, 5.74) is 18.7. The van der Waals surface area contributed by atoms with Crippen molar-refractivity contribution in [3.8, 4) is 33.4 Å². The van der Waals surface area contributed by atoms with E-state index in [1.54, 1.807) is 0 Å². The van der Waals surface area contributed by atoms with E-state index in [4.69, 9.17) is 0 Å². The molecule has 0 fully saturated rings. The number of hydrogen-bond acceptors (Lipinski definition) is 2. The molecule has 0 aliphatic heterocycles. The predicted molar refractivity (Wildman–Crippen MR) is 238 cm³/mol. The Morgan fingerprint density at radius 2 is 0.491 bits per heavy atom. The van der Waals surface area contributed by atoms with Crippen molar-refractivity contribution in [3.05, 3.63) is 253 Å². The van der Waals surface area contributed by atoms with E-state index >= 15 is 0 Å². The normalized spacial score (nSPS) is 12.7. The molecule has 268 valence electrons. The SMILES string of the molecule is c1ccc(N(c2ccccc2)c2ccc3c(c2)C2(c4cc(N(c5ccccc5)c5ccccc5)ccc4-c4ccccc4-3)c3ccccc3-c3ccccc32)cc1. The molecule has 9 aromatic carbocycles. The van der Waals surface area contributed by atoms with E-state index < -0.39 is 5.41 Å². The van der Waals surface area contributed by atoms with Gasteiger partial charge in [0.25, 0.3) is 0 Å². The molecule has 0 saturated heterocycles. The zero-order valence-corrected chi connectivity index (χ0v) is 31.3. The molecule has 57 heavy (non-hydrogen) atoms. The molecule has 1 spiro atoms. The fourth-order valence-electron chi connectivity index (χ4n) is 9.55. The van der Waals surface area contributed by atoms with Gasteiger partial charge in [-0.1, -0.05) is 158 Å². The highest BCUT2D eigenvalue weighted by Gasteiger charge is 2.50. The maximum atomic E-state index is 2.49. The van der Waals surface area contributed by atoms with Crippen molar-refractivity contribution >= 4 is 34.1 Å². The summed E-state index contributed by atoms with van der Waals surface area (Å²) < 4.78 is 0. The highest BCUT2D eigenvalue weighted by molar-refractivity contribution is 5.99. The fraction of sp³-hybridized carbons (Fsp3) is 0.0182. The zero-order valence-electron chi connectivity index (χ0n) is 31.3. The molecule has 0 amide bonds. The molecule has 2 nitrogen and oxygen atoms in total. The highest BCUT2D eigenvalue weighted by atomic mass is 15.1. The van der Waals surface area contributed by atoms with Crippen molar-refractivity contribution < 1.29 is 0 Å². The van der Waals surface area contributed by atoms with Crippen LogP contribution in [0, 0.1) is 0 Å². The molecule has 0 saturated carbocycles. The quantitative estimate of drug-likeness (QED) is 0.168. The lowest BCUT2D eigenvalue weighted by Gasteiger charge is -2.37. The van der Waals surface area contributed by atoms with Gasteiger partial charge in [-0.3, -0.25) is 0 Å². The second kappa shape index (κ2) is 13.4. The molecular weight excluding hydrogens is 689 g/mol. The van der Waals surface area contributed by atoms with Crippen LogP contribution in [0.1, 0.15) is 22.3 Å². The standard InChI is InChI=1S/C55H38N2/c1-5-19-39(20-6-1)56(40-21-7-2-8-22-40)43-33-35-49-45-27-13-14-28-46(45)50-36-34-44(57(41-23-9-3-10-24-41)42-25-11-4-12-26-42)38-54(50)55(53(49)37-43)51-31-17-15-29-47(51)48-30-16-18-32-52(48)55/h1-38H. The second-order valence-electron chi connectivity index (χ2n) is 14.9. The van der Waals surface area contributed by atoms with E-state index in [0.29, 0.717) is 0 Å². The fourth-order valence-corrected chi connectivity index (χ4v) is 9.55. The molecule has 0 radical (unpaired) electrons. The van der Waals surface area contributed by atoms with Gasteiger partial charge in [-0.05, 0) is 128 Å². The lowest BCUT2D eigenvalue weighted by molar-refractivity contribution is 0.775. The molecule has 0 bridgehead atoms. The summed E-state index contributed by atoms with van der Waals surface area (Å²) in [6.07, 6.45) is 0. The lowest BCUT2D eigenvalue weighted by atomic mass is 9.65. The number of para-hydroxylation sites is 4. The van der Waals surface area contributed by atoms with Crippen LogP contribution in [-0.2, 0) is 5.41 Å². The van der Waals surface area contributed by atoms with Gasteiger partial charge in [-0.2, -0.15) is 0 Å². The zero-order chi connectivity index (χ0) is 37.8. The van der Waals surface area contributed by atoms with Crippen molar-refractivity contribution in [3.63, 3.8) is 0 Å². The molecular formula is C55H38N2. The molecule has 9 aromatic rings. The average molecular weight is 727 g/mol. The molecule has 0 heterocycles. The number of nitrogens with zero attached hydrogens (tertiary/aromatic N) is 2. The molecule has 2 heteroatoms. The third-order valence-corrected chi connectivity index (χ3v) is 11.8. The number of fused-ring (bicyclic) bond motifs is 12. The van der Waals surface area contributed by atoms with Crippen LogP contribution in [0.15, 0.2) is 231 Å². The van der Waals surface area contributed by atoms with Crippen LogP contribution >= 0.6 is 0 Å². The molecule has 0 atom stereocenters. The highest BCUT2D eigenvalue weighted by Crippen LogP contribution is 2.62. The van der Waals surface area contributed by atoms with Crippen LogP contribution in [0.5, 0.6) is 0 Å². The van der Waals surface area contributed by atoms with Crippen LogP contribution in [0.3, 0.4) is 0 Å². The third kappa shape index (κ3) is 5.11. The predicted octanol–water partition coefficient (Wildman–Crippen LogP) is 14.6. The Morgan fingerprint density at radius 3 is 0.842 bits per heavy atom. The molecule has 2 aliphatic carbocycles. The van der Waals surface area contributed by atoms with Gasteiger partial charge in [-0.25, -0.2) is 0 Å². The maximum absolute atomic E-state index is 2.49. The van der Waals surface area contributed by atoms with Crippen molar-refractivity contribution in [2.24, 2.45) is 0 Å². The van der Waals surface area contributed by atoms with Crippen molar-refractivity contribution in [2.45, 2.75) is 5.41 Å². The smallest absolute Gasteiger partial charge is 0.0727 e. The number of anilines is 6. The van der Waals surface area contributed by atoms with Gasteiger partial charge in [-0.15, -0.1) is 0 Å². The van der Waals surface area contributed by atoms with Gasteiger partial charge in [0.1, 0.15) is 0 Å². The van der Waals surface area contributed by atoms with E-state index in [0.717, 1.165) is 34.1 Å². The van der Waals surface area contributed by atoms with Gasteiger partial charge in [0, 0.05) is 34.1 Å². The Kier molecular flexibility index (Phi) is 7.75. The van der Waals surface area contributed by atoms with Crippen molar-refractivity contribution in [1.29, 1.82) is 0 Å². The number of benzene rings is 9. The first kappa shape index (κ1) is 33.0. The third-order valence-electron chi connectivity index (χ3n) is 11.8. The van der Waals surface area contributed by atoms with Crippen LogP contribution < -0.4 is 9.80 Å². The summed E-state index contributed by atoms with van der Waals surface area (Å²) in [4.78, 5) is 4.78.